The normalized spacial score (nSPS) is 10.4. The van der Waals surface area contributed by atoms with Gasteiger partial charge in [-0.3, -0.25) is 0 Å². The maximum Gasteiger partial charge on any atom is 0.0992 e. The van der Waals surface area contributed by atoms with Gasteiger partial charge in [-0.15, -0.1) is 0 Å². The molecule has 0 saturated heterocycles. The second-order valence-corrected chi connectivity index (χ2v) is 4.92. The first kappa shape index (κ1) is 12.6. The molecule has 0 aliphatic heterocycles. The van der Waals surface area contributed by atoms with E-state index in [-0.39, 0.29) is 0 Å². The number of aromatic nitrogens is 1. The van der Waals surface area contributed by atoms with E-state index in [1.54, 1.807) is 18.2 Å². The minimum absolute atomic E-state index is 0.594. The maximum atomic E-state index is 8.93. The number of anilines is 1. The fourth-order valence-corrected chi connectivity index (χ4v) is 2.41. The van der Waals surface area contributed by atoms with Crippen molar-refractivity contribution in [1.29, 1.82) is 5.26 Å². The topological polar surface area (TPSA) is 51.6 Å². The zero-order valence-corrected chi connectivity index (χ0v) is 11.4. The molecule has 0 atom stereocenters. The quantitative estimate of drug-likeness (QED) is 0.752. The molecule has 2 aromatic carbocycles. The summed E-state index contributed by atoms with van der Waals surface area (Å²) in [7, 11) is 0. The van der Waals surface area contributed by atoms with E-state index < -0.39 is 0 Å². The Morgan fingerprint density at radius 2 is 2.10 bits per heavy atom. The Morgan fingerprint density at radius 1 is 1.20 bits per heavy atom. The van der Waals surface area contributed by atoms with Crippen molar-refractivity contribution in [2.75, 3.05) is 5.32 Å². The molecule has 0 saturated carbocycles. The second kappa shape index (κ2) is 5.28. The second-order valence-electron chi connectivity index (χ2n) is 4.52. The fourth-order valence-electron chi connectivity index (χ4n) is 2.23. The Balaban J connectivity index is 1.87. The lowest BCUT2D eigenvalue weighted by Gasteiger charge is -2.09. The summed E-state index contributed by atoms with van der Waals surface area (Å²) < 4.78 is 0. The van der Waals surface area contributed by atoms with Gasteiger partial charge in [0.2, 0.25) is 0 Å². The molecule has 0 fully saturated rings. The monoisotopic (exact) mass is 281 g/mol. The first-order valence-corrected chi connectivity index (χ1v) is 6.64. The molecule has 20 heavy (non-hydrogen) atoms. The van der Waals surface area contributed by atoms with Crippen molar-refractivity contribution in [2.45, 2.75) is 6.54 Å². The molecule has 1 aromatic heterocycles. The summed E-state index contributed by atoms with van der Waals surface area (Å²) in [5, 5.41) is 14.0. The van der Waals surface area contributed by atoms with Crippen LogP contribution in [0.3, 0.4) is 0 Å². The highest BCUT2D eigenvalue weighted by atomic mass is 35.5. The van der Waals surface area contributed by atoms with Gasteiger partial charge in [-0.1, -0.05) is 23.7 Å². The van der Waals surface area contributed by atoms with Crippen molar-refractivity contribution >= 4 is 28.2 Å². The van der Waals surface area contributed by atoms with Crippen LogP contribution in [0.5, 0.6) is 0 Å². The molecule has 2 N–H and O–H groups in total. The third kappa shape index (κ3) is 2.34. The minimum atomic E-state index is 0.594. The standard InChI is InChI=1S/C16H12ClN3/c17-14-5-4-11(9-18)8-16(14)20-10-12-2-1-3-15-13(12)6-7-19-15/h1-8,19-20H,10H2. The number of nitrogens with zero attached hydrogens (tertiary/aromatic N) is 1. The molecule has 98 valence electrons. The SMILES string of the molecule is N#Cc1ccc(Cl)c(NCc2cccc3[nH]ccc23)c1. The van der Waals surface area contributed by atoms with E-state index in [4.69, 9.17) is 16.9 Å². The summed E-state index contributed by atoms with van der Waals surface area (Å²) in [6.45, 7) is 0.657. The number of nitriles is 1. The predicted molar refractivity (Wildman–Crippen MR) is 81.8 cm³/mol. The van der Waals surface area contributed by atoms with Gasteiger partial charge in [0.1, 0.15) is 0 Å². The molecule has 0 amide bonds. The van der Waals surface area contributed by atoms with Crippen LogP contribution in [0.15, 0.2) is 48.7 Å². The predicted octanol–water partition coefficient (Wildman–Crippen LogP) is 4.31. The summed E-state index contributed by atoms with van der Waals surface area (Å²) in [5.41, 5.74) is 3.67. The average Bonchev–Trinajstić information content (AvgIpc) is 2.95. The molecule has 0 spiro atoms. The van der Waals surface area contributed by atoms with E-state index in [0.717, 1.165) is 11.2 Å². The third-order valence-electron chi connectivity index (χ3n) is 3.25. The fraction of sp³-hybridized carbons (Fsp3) is 0.0625. The highest BCUT2D eigenvalue weighted by molar-refractivity contribution is 6.33. The Hall–Kier alpha value is -2.44. The van der Waals surface area contributed by atoms with Crippen LogP contribution < -0.4 is 5.32 Å². The first-order valence-electron chi connectivity index (χ1n) is 6.26. The zero-order valence-electron chi connectivity index (χ0n) is 10.7. The minimum Gasteiger partial charge on any atom is -0.380 e. The van der Waals surface area contributed by atoms with E-state index in [0.29, 0.717) is 17.1 Å². The highest BCUT2D eigenvalue weighted by Gasteiger charge is 2.04. The molecule has 3 rings (SSSR count). The van der Waals surface area contributed by atoms with Gasteiger partial charge in [0.25, 0.3) is 0 Å². The molecule has 0 unspecified atom stereocenters. The number of halogens is 1. The van der Waals surface area contributed by atoms with Crippen molar-refractivity contribution in [3.05, 3.63) is 64.8 Å². The average molecular weight is 282 g/mol. The Bertz CT molecular complexity index is 799. The molecule has 0 radical (unpaired) electrons. The summed E-state index contributed by atoms with van der Waals surface area (Å²) in [6.07, 6.45) is 1.93. The van der Waals surface area contributed by atoms with Crippen molar-refractivity contribution in [2.24, 2.45) is 0 Å². The molecule has 0 aliphatic carbocycles. The molecule has 3 nitrogen and oxygen atoms in total. The van der Waals surface area contributed by atoms with Crippen LogP contribution in [-0.4, -0.2) is 4.98 Å². The van der Waals surface area contributed by atoms with Gasteiger partial charge < -0.3 is 10.3 Å². The summed E-state index contributed by atoms with van der Waals surface area (Å²) in [5.74, 6) is 0. The Labute approximate surface area is 121 Å². The maximum absolute atomic E-state index is 8.93. The van der Waals surface area contributed by atoms with Gasteiger partial charge in [0.05, 0.1) is 22.3 Å². The number of hydrogen-bond acceptors (Lipinski definition) is 2. The highest BCUT2D eigenvalue weighted by Crippen LogP contribution is 2.24. The number of aromatic amines is 1. The van der Waals surface area contributed by atoms with Gasteiger partial charge in [0, 0.05) is 23.6 Å². The largest absolute Gasteiger partial charge is 0.380 e. The van der Waals surface area contributed by atoms with E-state index >= 15 is 0 Å². The van der Waals surface area contributed by atoms with E-state index in [1.165, 1.54) is 10.9 Å². The van der Waals surface area contributed by atoms with E-state index in [9.17, 15) is 0 Å². The van der Waals surface area contributed by atoms with E-state index in [2.05, 4.69) is 28.5 Å². The molecular weight excluding hydrogens is 270 g/mol. The Morgan fingerprint density at radius 3 is 2.95 bits per heavy atom. The van der Waals surface area contributed by atoms with Crippen molar-refractivity contribution in [3.8, 4) is 6.07 Å². The van der Waals surface area contributed by atoms with E-state index in [1.807, 2.05) is 18.3 Å². The van der Waals surface area contributed by atoms with Crippen LogP contribution in [0.25, 0.3) is 10.9 Å². The lowest BCUT2D eigenvalue weighted by Crippen LogP contribution is -2.00. The molecule has 0 aliphatic rings. The summed E-state index contributed by atoms with van der Waals surface area (Å²) in [6, 6.07) is 15.5. The van der Waals surface area contributed by atoms with Gasteiger partial charge >= 0.3 is 0 Å². The summed E-state index contributed by atoms with van der Waals surface area (Å²) >= 11 is 6.14. The number of fused-ring (bicyclic) bond motifs is 1. The van der Waals surface area contributed by atoms with Gasteiger partial charge in [-0.2, -0.15) is 5.26 Å². The van der Waals surface area contributed by atoms with Gasteiger partial charge in [-0.05, 0) is 35.9 Å². The molecule has 1 heterocycles. The zero-order chi connectivity index (χ0) is 13.9. The lowest BCUT2D eigenvalue weighted by molar-refractivity contribution is 1.17. The van der Waals surface area contributed by atoms with Crippen LogP contribution in [0, 0.1) is 11.3 Å². The van der Waals surface area contributed by atoms with Crippen molar-refractivity contribution < 1.29 is 0 Å². The molecule has 4 heteroatoms. The smallest absolute Gasteiger partial charge is 0.0992 e. The van der Waals surface area contributed by atoms with Gasteiger partial charge in [-0.25, -0.2) is 0 Å². The number of H-pyrrole nitrogens is 1. The number of hydrogen-bond donors (Lipinski definition) is 2. The van der Waals surface area contributed by atoms with Crippen LogP contribution in [0.2, 0.25) is 5.02 Å². The van der Waals surface area contributed by atoms with Gasteiger partial charge in [0.15, 0.2) is 0 Å². The van der Waals surface area contributed by atoms with Crippen LogP contribution in [0.1, 0.15) is 11.1 Å². The Kier molecular flexibility index (Phi) is 3.32. The number of benzene rings is 2. The third-order valence-corrected chi connectivity index (χ3v) is 3.58. The van der Waals surface area contributed by atoms with Crippen molar-refractivity contribution in [1.82, 2.24) is 4.98 Å². The van der Waals surface area contributed by atoms with Crippen LogP contribution in [-0.2, 0) is 6.54 Å². The number of nitrogens with one attached hydrogen (secondary N) is 2. The number of rotatable bonds is 3. The molecule has 3 aromatic rings. The lowest BCUT2D eigenvalue weighted by atomic mass is 10.1. The molecule has 0 bridgehead atoms. The first-order chi connectivity index (χ1) is 9.78. The van der Waals surface area contributed by atoms with Crippen LogP contribution in [0.4, 0.5) is 5.69 Å². The molecular formula is C16H12ClN3. The van der Waals surface area contributed by atoms with Crippen LogP contribution >= 0.6 is 11.6 Å². The van der Waals surface area contributed by atoms with Crippen molar-refractivity contribution in [3.63, 3.8) is 0 Å². The summed E-state index contributed by atoms with van der Waals surface area (Å²) in [4.78, 5) is 3.19.